The van der Waals surface area contributed by atoms with E-state index in [0.29, 0.717) is 10.0 Å². The van der Waals surface area contributed by atoms with E-state index in [-0.39, 0.29) is 30.2 Å². The number of hydrogen-bond donors (Lipinski definition) is 0. The van der Waals surface area contributed by atoms with Crippen molar-refractivity contribution in [1.82, 2.24) is 0 Å². The summed E-state index contributed by atoms with van der Waals surface area (Å²) in [6.07, 6.45) is 0.282. The molecule has 0 unspecified atom stereocenters. The molecule has 0 bridgehead atoms. The lowest BCUT2D eigenvalue weighted by molar-refractivity contribution is -0.385. The fraction of sp³-hybridized carbons (Fsp3) is 0.364. The summed E-state index contributed by atoms with van der Waals surface area (Å²) < 4.78 is 5.34. The van der Waals surface area contributed by atoms with E-state index in [4.69, 9.17) is 16.3 Å². The number of nitro benzene ring substituents is 1. The summed E-state index contributed by atoms with van der Waals surface area (Å²) in [6.45, 7) is 1.99. The predicted molar refractivity (Wildman–Crippen MR) is 70.8 cm³/mol. The third-order valence-electron chi connectivity index (χ3n) is 2.24. The molecule has 0 aliphatic rings. The van der Waals surface area contributed by atoms with Crippen LogP contribution in [0.3, 0.4) is 0 Å². The normalized spacial score (nSPS) is 10.2. The Kier molecular flexibility index (Phi) is 5.55. The van der Waals surface area contributed by atoms with E-state index >= 15 is 0 Å². The van der Waals surface area contributed by atoms with Crippen LogP contribution in [0, 0.1) is 10.1 Å². The van der Waals surface area contributed by atoms with Crippen molar-refractivity contribution in [3.8, 4) is 0 Å². The van der Waals surface area contributed by atoms with Crippen LogP contribution >= 0.6 is 27.5 Å². The summed E-state index contributed by atoms with van der Waals surface area (Å²) in [4.78, 5) is 21.7. The molecule has 5 nitrogen and oxygen atoms in total. The smallest absolute Gasteiger partial charge is 0.306 e. The van der Waals surface area contributed by atoms with Crippen molar-refractivity contribution in [2.45, 2.75) is 19.8 Å². The van der Waals surface area contributed by atoms with Gasteiger partial charge in [-0.05, 0) is 25.5 Å². The Balaban J connectivity index is 2.97. The van der Waals surface area contributed by atoms with Crippen LogP contribution in [0.25, 0.3) is 0 Å². The average molecular weight is 337 g/mol. The van der Waals surface area contributed by atoms with Crippen LogP contribution in [-0.2, 0) is 16.0 Å². The van der Waals surface area contributed by atoms with Crippen molar-refractivity contribution in [3.05, 3.63) is 37.3 Å². The van der Waals surface area contributed by atoms with Gasteiger partial charge in [0, 0.05) is 16.5 Å². The second-order valence-electron chi connectivity index (χ2n) is 3.42. The maximum Gasteiger partial charge on any atom is 0.306 e. The van der Waals surface area contributed by atoms with Gasteiger partial charge in [0.15, 0.2) is 0 Å². The van der Waals surface area contributed by atoms with E-state index in [1.807, 2.05) is 0 Å². The molecule has 0 N–H and O–H groups in total. The summed E-state index contributed by atoms with van der Waals surface area (Å²) in [5, 5.41) is 11.0. The van der Waals surface area contributed by atoms with Gasteiger partial charge in [0.2, 0.25) is 0 Å². The first kappa shape index (κ1) is 14.9. The van der Waals surface area contributed by atoms with Gasteiger partial charge in [-0.1, -0.05) is 27.5 Å². The zero-order chi connectivity index (χ0) is 13.7. The zero-order valence-electron chi connectivity index (χ0n) is 9.61. The molecule has 0 aliphatic carbocycles. The number of ether oxygens (including phenoxy) is 1. The van der Waals surface area contributed by atoms with Crippen molar-refractivity contribution in [1.29, 1.82) is 0 Å². The number of benzene rings is 1. The van der Waals surface area contributed by atoms with Crippen molar-refractivity contribution >= 4 is 39.2 Å². The monoisotopic (exact) mass is 335 g/mol. The quantitative estimate of drug-likeness (QED) is 0.469. The van der Waals surface area contributed by atoms with E-state index in [9.17, 15) is 14.9 Å². The molecule has 1 rings (SSSR count). The highest BCUT2D eigenvalue weighted by Gasteiger charge is 2.22. The van der Waals surface area contributed by atoms with Crippen LogP contribution < -0.4 is 0 Å². The maximum absolute atomic E-state index is 11.3. The molecule has 0 atom stereocenters. The van der Waals surface area contributed by atoms with Gasteiger partial charge in [0.05, 0.1) is 11.5 Å². The number of hydrogen-bond acceptors (Lipinski definition) is 4. The van der Waals surface area contributed by atoms with Gasteiger partial charge in [-0.3, -0.25) is 14.9 Å². The number of rotatable bonds is 5. The number of halogens is 2. The van der Waals surface area contributed by atoms with E-state index < -0.39 is 10.9 Å². The van der Waals surface area contributed by atoms with Crippen LogP contribution in [0.4, 0.5) is 5.69 Å². The highest BCUT2D eigenvalue weighted by molar-refractivity contribution is 9.10. The van der Waals surface area contributed by atoms with Crippen LogP contribution in [0.1, 0.15) is 18.9 Å². The summed E-state index contributed by atoms with van der Waals surface area (Å²) in [5.74, 6) is -0.390. The molecule has 0 heterocycles. The van der Waals surface area contributed by atoms with Gasteiger partial charge in [0.25, 0.3) is 5.69 Å². The Hall–Kier alpha value is -1.14. The second kappa shape index (κ2) is 6.70. The molecule has 0 aromatic heterocycles. The Morgan fingerprint density at radius 1 is 1.56 bits per heavy atom. The fourth-order valence-corrected chi connectivity index (χ4v) is 2.24. The molecule has 0 spiro atoms. The van der Waals surface area contributed by atoms with Gasteiger partial charge in [0.1, 0.15) is 5.02 Å². The Morgan fingerprint density at radius 3 is 2.78 bits per heavy atom. The summed E-state index contributed by atoms with van der Waals surface area (Å²) in [6, 6.07) is 3.06. The van der Waals surface area contributed by atoms with Gasteiger partial charge >= 0.3 is 5.97 Å². The predicted octanol–water partition coefficient (Wildman–Crippen LogP) is 3.51. The molecule has 0 saturated heterocycles. The van der Waals surface area contributed by atoms with Gasteiger partial charge in [-0.2, -0.15) is 0 Å². The highest BCUT2D eigenvalue weighted by atomic mass is 79.9. The largest absolute Gasteiger partial charge is 0.466 e. The van der Waals surface area contributed by atoms with E-state index in [2.05, 4.69) is 15.9 Å². The second-order valence-corrected chi connectivity index (χ2v) is 4.68. The molecule has 0 saturated carbocycles. The van der Waals surface area contributed by atoms with Crippen molar-refractivity contribution in [3.63, 3.8) is 0 Å². The number of esters is 1. The lowest BCUT2D eigenvalue weighted by Gasteiger charge is -2.07. The summed E-state index contributed by atoms with van der Waals surface area (Å²) in [5.41, 5.74) is 0.232. The lowest BCUT2D eigenvalue weighted by Crippen LogP contribution is -2.07. The molecular formula is C11H11BrClNO4. The summed E-state index contributed by atoms with van der Waals surface area (Å²) in [7, 11) is 0. The van der Waals surface area contributed by atoms with Crippen LogP contribution in [0.15, 0.2) is 16.6 Å². The Morgan fingerprint density at radius 2 is 2.22 bits per heavy atom. The van der Waals surface area contributed by atoms with Crippen LogP contribution in [0.5, 0.6) is 0 Å². The van der Waals surface area contributed by atoms with Gasteiger partial charge in [-0.25, -0.2) is 0 Å². The Bertz CT molecular complexity index is 478. The van der Waals surface area contributed by atoms with E-state index in [1.54, 1.807) is 13.0 Å². The standard InChI is InChI=1S/C11H11BrClNO4/c1-2-18-10(15)6-3-7-8(12)4-5-9(13)11(7)14(16)17/h4-5H,2-3,6H2,1H3. The molecule has 7 heteroatoms. The molecule has 98 valence electrons. The van der Waals surface area contributed by atoms with Crippen molar-refractivity contribution in [2.75, 3.05) is 6.61 Å². The number of nitrogens with zero attached hydrogens (tertiary/aromatic N) is 1. The molecule has 0 radical (unpaired) electrons. The molecule has 1 aromatic carbocycles. The maximum atomic E-state index is 11.3. The average Bonchev–Trinajstić information content (AvgIpc) is 2.30. The summed E-state index contributed by atoms with van der Waals surface area (Å²) >= 11 is 9.02. The molecule has 0 aliphatic heterocycles. The third-order valence-corrected chi connectivity index (χ3v) is 3.29. The third kappa shape index (κ3) is 3.68. The first-order valence-electron chi connectivity index (χ1n) is 5.24. The van der Waals surface area contributed by atoms with Gasteiger partial charge < -0.3 is 4.74 Å². The van der Waals surface area contributed by atoms with Crippen LogP contribution in [0.2, 0.25) is 5.02 Å². The number of carbonyl (C=O) groups excluding carboxylic acids is 1. The minimum atomic E-state index is -0.548. The van der Waals surface area contributed by atoms with Crippen LogP contribution in [-0.4, -0.2) is 17.5 Å². The fourth-order valence-electron chi connectivity index (χ4n) is 1.48. The molecule has 0 amide bonds. The topological polar surface area (TPSA) is 69.4 Å². The molecule has 1 aromatic rings. The van der Waals surface area contributed by atoms with Crippen molar-refractivity contribution in [2.24, 2.45) is 0 Å². The highest BCUT2D eigenvalue weighted by Crippen LogP contribution is 2.34. The van der Waals surface area contributed by atoms with E-state index in [0.717, 1.165) is 0 Å². The first-order chi connectivity index (χ1) is 8.47. The molecular weight excluding hydrogens is 325 g/mol. The number of carbonyl (C=O) groups is 1. The molecule has 18 heavy (non-hydrogen) atoms. The molecule has 0 fully saturated rings. The minimum absolute atomic E-state index is 0.0575. The van der Waals surface area contributed by atoms with Gasteiger partial charge in [-0.15, -0.1) is 0 Å². The number of nitro groups is 1. The van der Waals surface area contributed by atoms with Crippen molar-refractivity contribution < 1.29 is 14.5 Å². The Labute approximate surface area is 117 Å². The SMILES string of the molecule is CCOC(=O)CCc1c(Br)ccc(Cl)c1[N+](=O)[O-]. The van der Waals surface area contributed by atoms with E-state index in [1.165, 1.54) is 6.07 Å². The first-order valence-corrected chi connectivity index (χ1v) is 6.41. The minimum Gasteiger partial charge on any atom is -0.466 e. The lowest BCUT2D eigenvalue weighted by atomic mass is 10.1. The zero-order valence-corrected chi connectivity index (χ0v) is 12.0.